The molecule has 2 aromatic rings. The molecule has 176 valence electrons. The number of benzene rings is 2. The Morgan fingerprint density at radius 1 is 0.939 bits per heavy atom. The molecule has 0 aromatic heterocycles. The Morgan fingerprint density at radius 3 is 2.15 bits per heavy atom. The van der Waals surface area contributed by atoms with E-state index in [0.29, 0.717) is 50.4 Å². The van der Waals surface area contributed by atoms with Gasteiger partial charge in [0.2, 0.25) is 11.8 Å². The summed E-state index contributed by atoms with van der Waals surface area (Å²) >= 11 is 0. The van der Waals surface area contributed by atoms with Crippen LogP contribution < -0.4 is 10.6 Å². The largest absolute Gasteiger partial charge is 0.354 e. The zero-order valence-electron chi connectivity index (χ0n) is 19.6. The predicted molar refractivity (Wildman–Crippen MR) is 130 cm³/mol. The highest BCUT2D eigenvalue weighted by atomic mass is 16.2. The fourth-order valence-electron chi connectivity index (χ4n) is 4.16. The normalized spacial score (nSPS) is 15.2. The van der Waals surface area contributed by atoms with Gasteiger partial charge in [0.25, 0.3) is 5.91 Å². The maximum atomic E-state index is 13.0. The Balaban J connectivity index is 1.58. The molecular formula is C27H35N3O3. The number of rotatable bonds is 9. The summed E-state index contributed by atoms with van der Waals surface area (Å²) in [5, 5.41) is 5.94. The van der Waals surface area contributed by atoms with Crippen LogP contribution in [-0.2, 0) is 16.0 Å². The number of aryl methyl sites for hydroxylation is 1. The number of hydrogen-bond acceptors (Lipinski definition) is 3. The lowest BCUT2D eigenvalue weighted by atomic mass is 9.88. The first-order chi connectivity index (χ1) is 15.9. The van der Waals surface area contributed by atoms with Crippen molar-refractivity contribution in [2.75, 3.05) is 19.6 Å². The van der Waals surface area contributed by atoms with E-state index in [-0.39, 0.29) is 23.6 Å². The topological polar surface area (TPSA) is 78.5 Å². The molecule has 2 N–H and O–H groups in total. The Labute approximate surface area is 196 Å². The van der Waals surface area contributed by atoms with Gasteiger partial charge in [-0.05, 0) is 48.8 Å². The summed E-state index contributed by atoms with van der Waals surface area (Å²) in [6.07, 6.45) is 2.59. The Hall–Kier alpha value is -3.15. The van der Waals surface area contributed by atoms with Crippen LogP contribution in [0.15, 0.2) is 60.7 Å². The van der Waals surface area contributed by atoms with Crippen molar-refractivity contribution in [3.05, 3.63) is 71.8 Å². The maximum absolute atomic E-state index is 13.0. The maximum Gasteiger partial charge on any atom is 0.251 e. The number of carbonyl (C=O) groups excluding carboxylic acids is 3. The van der Waals surface area contributed by atoms with Gasteiger partial charge in [0.15, 0.2) is 0 Å². The predicted octanol–water partition coefficient (Wildman–Crippen LogP) is 3.43. The summed E-state index contributed by atoms with van der Waals surface area (Å²) in [4.78, 5) is 40.3. The molecule has 33 heavy (non-hydrogen) atoms. The molecule has 3 amide bonds. The summed E-state index contributed by atoms with van der Waals surface area (Å²) in [7, 11) is 0. The number of carbonyl (C=O) groups is 3. The van der Waals surface area contributed by atoms with Crippen molar-refractivity contribution in [1.29, 1.82) is 0 Å². The smallest absolute Gasteiger partial charge is 0.251 e. The molecule has 0 radical (unpaired) electrons. The third-order valence-electron chi connectivity index (χ3n) is 6.12. The average molecular weight is 450 g/mol. The van der Waals surface area contributed by atoms with Crippen LogP contribution in [-0.4, -0.2) is 48.3 Å². The van der Waals surface area contributed by atoms with E-state index in [2.05, 4.69) is 10.6 Å². The van der Waals surface area contributed by atoms with Gasteiger partial charge in [0, 0.05) is 31.6 Å². The van der Waals surface area contributed by atoms with Crippen LogP contribution in [0, 0.1) is 11.8 Å². The summed E-state index contributed by atoms with van der Waals surface area (Å²) < 4.78 is 0. The van der Waals surface area contributed by atoms with E-state index in [1.165, 1.54) is 0 Å². The van der Waals surface area contributed by atoms with Crippen molar-refractivity contribution in [3.8, 4) is 0 Å². The van der Waals surface area contributed by atoms with Gasteiger partial charge in [0.05, 0.1) is 0 Å². The third-order valence-corrected chi connectivity index (χ3v) is 6.12. The molecule has 1 aliphatic rings. The zero-order valence-corrected chi connectivity index (χ0v) is 19.6. The van der Waals surface area contributed by atoms with Gasteiger partial charge in [-0.3, -0.25) is 14.4 Å². The first-order valence-corrected chi connectivity index (χ1v) is 11.9. The highest BCUT2D eigenvalue weighted by Crippen LogP contribution is 2.22. The molecule has 1 saturated heterocycles. The Kier molecular flexibility index (Phi) is 9.04. The molecular weight excluding hydrogens is 414 g/mol. The fraction of sp³-hybridized carbons (Fsp3) is 0.444. The molecule has 0 spiro atoms. The molecule has 0 bridgehead atoms. The van der Waals surface area contributed by atoms with Gasteiger partial charge >= 0.3 is 0 Å². The highest BCUT2D eigenvalue weighted by molar-refractivity contribution is 5.97. The summed E-state index contributed by atoms with van der Waals surface area (Å²) in [6, 6.07) is 18.4. The third kappa shape index (κ3) is 7.45. The molecule has 1 heterocycles. The molecule has 1 aliphatic heterocycles. The lowest BCUT2D eigenvalue weighted by molar-refractivity contribution is -0.133. The monoisotopic (exact) mass is 449 g/mol. The summed E-state index contributed by atoms with van der Waals surface area (Å²) in [6.45, 7) is 5.85. The number of amides is 3. The van der Waals surface area contributed by atoms with Crippen molar-refractivity contribution in [1.82, 2.24) is 15.5 Å². The van der Waals surface area contributed by atoms with Crippen LogP contribution in [0.4, 0.5) is 0 Å². The van der Waals surface area contributed by atoms with E-state index < -0.39 is 6.04 Å². The van der Waals surface area contributed by atoms with E-state index in [9.17, 15) is 14.4 Å². The number of nitrogens with one attached hydrogen (secondary N) is 2. The van der Waals surface area contributed by atoms with Gasteiger partial charge in [0.1, 0.15) is 6.04 Å². The highest BCUT2D eigenvalue weighted by Gasteiger charge is 2.33. The van der Waals surface area contributed by atoms with Crippen LogP contribution in [0.1, 0.15) is 49.0 Å². The van der Waals surface area contributed by atoms with Gasteiger partial charge in [-0.25, -0.2) is 0 Å². The van der Waals surface area contributed by atoms with Crippen LogP contribution in [0.3, 0.4) is 0 Å². The van der Waals surface area contributed by atoms with Gasteiger partial charge < -0.3 is 15.5 Å². The number of nitrogens with zero attached hydrogens (tertiary/aromatic N) is 1. The number of likely N-dealkylation sites (tertiary alicyclic amines) is 1. The first-order valence-electron chi connectivity index (χ1n) is 11.9. The van der Waals surface area contributed by atoms with E-state index >= 15 is 0 Å². The Bertz CT molecular complexity index is 907. The van der Waals surface area contributed by atoms with Crippen LogP contribution >= 0.6 is 0 Å². The molecule has 1 atom stereocenters. The summed E-state index contributed by atoms with van der Waals surface area (Å²) in [5.74, 6) is 0.0569. The van der Waals surface area contributed by atoms with E-state index in [1.807, 2.05) is 67.3 Å². The molecule has 1 unspecified atom stereocenters. The average Bonchev–Trinajstić information content (AvgIpc) is 2.85. The van der Waals surface area contributed by atoms with Crippen molar-refractivity contribution >= 4 is 17.7 Å². The zero-order chi connectivity index (χ0) is 23.6. The van der Waals surface area contributed by atoms with Crippen molar-refractivity contribution in [3.63, 3.8) is 0 Å². The first kappa shape index (κ1) is 24.5. The molecule has 0 saturated carbocycles. The Morgan fingerprint density at radius 2 is 1.55 bits per heavy atom. The second kappa shape index (κ2) is 12.2. The van der Waals surface area contributed by atoms with E-state index in [0.717, 1.165) is 12.0 Å². The van der Waals surface area contributed by atoms with Gasteiger partial charge in [-0.1, -0.05) is 62.4 Å². The molecule has 2 aromatic carbocycles. The quantitative estimate of drug-likeness (QED) is 0.616. The second-order valence-electron chi connectivity index (χ2n) is 9.16. The fourth-order valence-corrected chi connectivity index (χ4v) is 4.16. The van der Waals surface area contributed by atoms with Crippen molar-refractivity contribution in [2.24, 2.45) is 11.8 Å². The van der Waals surface area contributed by atoms with Crippen molar-refractivity contribution in [2.45, 2.75) is 45.6 Å². The minimum Gasteiger partial charge on any atom is -0.354 e. The molecule has 6 nitrogen and oxygen atoms in total. The van der Waals surface area contributed by atoms with Gasteiger partial charge in [-0.2, -0.15) is 0 Å². The number of piperidine rings is 1. The van der Waals surface area contributed by atoms with E-state index in [1.54, 1.807) is 12.1 Å². The molecule has 6 heteroatoms. The molecule has 3 rings (SSSR count). The van der Waals surface area contributed by atoms with Crippen LogP contribution in [0.2, 0.25) is 0 Å². The minimum absolute atomic E-state index is 0.0111. The second-order valence-corrected chi connectivity index (χ2v) is 9.16. The van der Waals surface area contributed by atoms with E-state index in [4.69, 9.17) is 0 Å². The lowest BCUT2D eigenvalue weighted by Crippen LogP contribution is -2.54. The SMILES string of the molecule is CC(C)CNC(=O)C(NC(=O)c1ccccc1)C1CCN(C(=O)CCc2ccccc2)CC1. The van der Waals surface area contributed by atoms with Crippen LogP contribution in [0.5, 0.6) is 0 Å². The van der Waals surface area contributed by atoms with Crippen LogP contribution in [0.25, 0.3) is 0 Å². The molecule has 1 fully saturated rings. The molecule has 0 aliphatic carbocycles. The number of hydrogen-bond donors (Lipinski definition) is 2. The van der Waals surface area contributed by atoms with Gasteiger partial charge in [-0.15, -0.1) is 0 Å². The minimum atomic E-state index is -0.613. The standard InChI is InChI=1S/C27H35N3O3/c1-20(2)19-28-27(33)25(29-26(32)23-11-7-4-8-12-23)22-15-17-30(18-16-22)24(31)14-13-21-9-5-3-6-10-21/h3-12,20,22,25H,13-19H2,1-2H3,(H,28,33)(H,29,32). The lowest BCUT2D eigenvalue weighted by Gasteiger charge is -2.36. The summed E-state index contributed by atoms with van der Waals surface area (Å²) in [5.41, 5.74) is 1.69. The van der Waals surface area contributed by atoms with Crippen molar-refractivity contribution < 1.29 is 14.4 Å².